The molecule has 2 amide bonds. The molecule has 2 saturated heterocycles. The van der Waals surface area contributed by atoms with Gasteiger partial charge in [-0.3, -0.25) is 0 Å². The molecule has 0 N–H and O–H groups in total. The van der Waals surface area contributed by atoms with Gasteiger partial charge in [0.05, 0.1) is 22.1 Å². The van der Waals surface area contributed by atoms with E-state index in [0.29, 0.717) is 23.6 Å². The van der Waals surface area contributed by atoms with Gasteiger partial charge in [-0.15, -0.1) is 11.8 Å². The standard InChI is InChI=1S/C24H38N4O2S.C16H24BrN3.C8H15NO2S/c1-23(2,3)14-21-25-19-13-17(9-10-20(19)28(21)12-11-26(7)8)31-18-15-27(16-18)22(29)30-24(4,5)6;1-16(2,3)11-15-18-13-10-12(17)6-7-14(13)20(15)9-8-19(4)5;1-8(2,3)11-7(10)9-4-6(12)5-9/h9-10,13,18H,11-12,14-16H2,1-8H3;6-7,10H,8-9,11H2,1-5H3;6,12H,4-5H2,1-3H3. The maximum Gasteiger partial charge on any atom is 0.410 e. The van der Waals surface area contributed by atoms with Gasteiger partial charge >= 0.3 is 12.2 Å². The van der Waals surface area contributed by atoms with E-state index in [-0.39, 0.29) is 23.0 Å². The quantitative estimate of drug-likeness (QED) is 0.156. The summed E-state index contributed by atoms with van der Waals surface area (Å²) in [5, 5.41) is 0.729. The van der Waals surface area contributed by atoms with Crippen LogP contribution >= 0.6 is 40.3 Å². The second-order valence-corrected chi connectivity index (χ2v) is 24.9. The van der Waals surface area contributed by atoms with Gasteiger partial charge in [0.25, 0.3) is 0 Å². The van der Waals surface area contributed by atoms with Gasteiger partial charge in [-0.2, -0.15) is 12.6 Å². The van der Waals surface area contributed by atoms with Crippen molar-refractivity contribution in [2.45, 2.75) is 136 Å². The molecule has 4 aromatic rings. The Labute approximate surface area is 396 Å². The number of thiol groups is 1. The molecule has 0 bridgehead atoms. The number of carbonyl (C=O) groups is 2. The van der Waals surface area contributed by atoms with E-state index in [1.807, 2.05) is 53.3 Å². The van der Waals surface area contributed by atoms with Gasteiger partial charge < -0.3 is 38.2 Å². The molecule has 2 fully saturated rings. The van der Waals surface area contributed by atoms with Gasteiger partial charge in [0.2, 0.25) is 0 Å². The molecule has 0 unspecified atom stereocenters. The van der Waals surface area contributed by atoms with Crippen LogP contribution in [0.1, 0.15) is 94.7 Å². The maximum atomic E-state index is 12.2. The highest BCUT2D eigenvalue weighted by Crippen LogP contribution is 2.34. The van der Waals surface area contributed by atoms with Crippen molar-refractivity contribution in [3.05, 3.63) is 52.5 Å². The number of nitrogens with zero attached hydrogens (tertiary/aromatic N) is 8. The molecule has 352 valence electrons. The van der Waals surface area contributed by atoms with Crippen LogP contribution in [0.25, 0.3) is 22.1 Å². The molecule has 2 aromatic heterocycles. The molecule has 2 aliphatic heterocycles. The molecule has 4 heterocycles. The fraction of sp³-hybridized carbons (Fsp3) is 0.667. The summed E-state index contributed by atoms with van der Waals surface area (Å²) in [6.07, 6.45) is 1.50. The van der Waals surface area contributed by atoms with Crippen LogP contribution in [0.3, 0.4) is 0 Å². The molecule has 0 radical (unpaired) electrons. The number of likely N-dealkylation sites (N-methyl/N-ethyl adjacent to an activating group) is 2. The minimum atomic E-state index is -0.448. The first-order valence-electron chi connectivity index (χ1n) is 22.2. The van der Waals surface area contributed by atoms with Crippen molar-refractivity contribution >= 4 is 74.6 Å². The van der Waals surface area contributed by atoms with Crippen molar-refractivity contribution in [2.24, 2.45) is 10.8 Å². The van der Waals surface area contributed by atoms with Gasteiger partial charge in [-0.1, -0.05) is 57.5 Å². The molecule has 12 nitrogen and oxygen atoms in total. The number of aromatic nitrogens is 4. The third-order valence-electron chi connectivity index (χ3n) is 9.82. The Kier molecular flexibility index (Phi) is 18.0. The van der Waals surface area contributed by atoms with Crippen molar-refractivity contribution in [3.63, 3.8) is 0 Å². The molecule has 0 saturated carbocycles. The molecule has 0 aliphatic carbocycles. The molecule has 63 heavy (non-hydrogen) atoms. The van der Waals surface area contributed by atoms with Crippen molar-refractivity contribution in [1.29, 1.82) is 0 Å². The number of thioether (sulfide) groups is 1. The SMILES string of the molecule is CC(C)(C)OC(=O)N1CC(S)C1.CN(C)CCn1c(CC(C)(C)C)nc2cc(Br)ccc21.CN(C)CCn1c(CC(C)(C)C)nc2cc(SC3CN(C(=O)OC(C)(C)C)C3)ccc21. The lowest BCUT2D eigenvalue weighted by molar-refractivity contribution is 0.0134. The molecule has 6 rings (SSSR count). The van der Waals surface area contributed by atoms with E-state index in [1.165, 1.54) is 21.8 Å². The summed E-state index contributed by atoms with van der Waals surface area (Å²) in [6, 6.07) is 13.0. The number of amides is 2. The van der Waals surface area contributed by atoms with Crippen molar-refractivity contribution in [2.75, 3.05) is 67.5 Å². The van der Waals surface area contributed by atoms with Gasteiger partial charge in [-0.05, 0) is 117 Å². The van der Waals surface area contributed by atoms with Gasteiger partial charge in [0.1, 0.15) is 22.9 Å². The molecule has 0 spiro atoms. The summed E-state index contributed by atoms with van der Waals surface area (Å²) in [4.78, 5) is 42.3. The number of likely N-dealkylation sites (tertiary alicyclic amines) is 2. The van der Waals surface area contributed by atoms with Crippen molar-refractivity contribution in [3.8, 4) is 0 Å². The lowest BCUT2D eigenvalue weighted by Crippen LogP contribution is -2.53. The Morgan fingerprint density at radius 1 is 0.683 bits per heavy atom. The van der Waals surface area contributed by atoms with E-state index >= 15 is 0 Å². The number of hydrogen-bond donors (Lipinski definition) is 1. The first-order valence-corrected chi connectivity index (χ1v) is 24.4. The fourth-order valence-electron chi connectivity index (χ4n) is 6.81. The minimum absolute atomic E-state index is 0.186. The molecule has 2 aromatic carbocycles. The molecule has 15 heteroatoms. The van der Waals surface area contributed by atoms with Gasteiger partial charge in [-0.25, -0.2) is 19.6 Å². The number of rotatable bonds is 10. The van der Waals surface area contributed by atoms with E-state index in [1.54, 1.807) is 9.80 Å². The van der Waals surface area contributed by atoms with Gasteiger partial charge in [0, 0.05) is 85.1 Å². The normalized spacial score (nSPS) is 15.2. The van der Waals surface area contributed by atoms with Crippen LogP contribution in [0, 0.1) is 10.8 Å². The predicted octanol–water partition coefficient (Wildman–Crippen LogP) is 10.4. The first-order chi connectivity index (χ1) is 28.9. The minimum Gasteiger partial charge on any atom is -0.444 e. The monoisotopic (exact) mass is 972 g/mol. The highest BCUT2D eigenvalue weighted by atomic mass is 79.9. The summed E-state index contributed by atoms with van der Waals surface area (Å²) in [7, 11) is 8.44. The van der Waals surface area contributed by atoms with Crippen LogP contribution < -0.4 is 0 Å². The summed E-state index contributed by atoms with van der Waals surface area (Å²) in [6.45, 7) is 31.7. The topological polar surface area (TPSA) is 101 Å². The number of imidazole rings is 2. The summed E-state index contributed by atoms with van der Waals surface area (Å²) in [5.74, 6) is 2.35. The van der Waals surface area contributed by atoms with Crippen LogP contribution in [0.5, 0.6) is 0 Å². The van der Waals surface area contributed by atoms with Crippen LogP contribution in [0.15, 0.2) is 45.8 Å². The fourth-order valence-corrected chi connectivity index (χ4v) is 8.78. The number of hydrogen-bond acceptors (Lipinski definition) is 10. The van der Waals surface area contributed by atoms with E-state index in [0.717, 1.165) is 73.4 Å². The number of ether oxygens (including phenoxy) is 2. The highest BCUT2D eigenvalue weighted by Gasteiger charge is 2.35. The molecule has 2 aliphatic rings. The lowest BCUT2D eigenvalue weighted by atomic mass is 9.92. The number of benzene rings is 2. The van der Waals surface area contributed by atoms with E-state index in [2.05, 4.69) is 154 Å². The largest absolute Gasteiger partial charge is 0.444 e. The van der Waals surface area contributed by atoms with Crippen LogP contribution in [0.4, 0.5) is 9.59 Å². The Morgan fingerprint density at radius 3 is 1.49 bits per heavy atom. The summed E-state index contributed by atoms with van der Waals surface area (Å²) < 4.78 is 16.4. The third kappa shape index (κ3) is 17.4. The van der Waals surface area contributed by atoms with E-state index < -0.39 is 11.2 Å². The second-order valence-electron chi connectivity index (χ2n) is 21.9. The Hall–Kier alpha value is -2.98. The Balaban J connectivity index is 0.000000232. The van der Waals surface area contributed by atoms with E-state index in [9.17, 15) is 9.59 Å². The zero-order valence-electron chi connectivity index (χ0n) is 41.1. The molecular formula is C48H77BrN8O4S2. The average molecular weight is 974 g/mol. The van der Waals surface area contributed by atoms with Crippen LogP contribution in [-0.2, 0) is 35.4 Å². The number of fused-ring (bicyclic) bond motifs is 2. The van der Waals surface area contributed by atoms with E-state index in [4.69, 9.17) is 19.4 Å². The number of halogens is 1. The summed E-state index contributed by atoms with van der Waals surface area (Å²) >= 11 is 9.56. The van der Waals surface area contributed by atoms with Crippen LogP contribution in [0.2, 0.25) is 0 Å². The second kappa shape index (κ2) is 21.5. The maximum absolute atomic E-state index is 12.2. The highest BCUT2D eigenvalue weighted by molar-refractivity contribution is 9.10. The zero-order valence-corrected chi connectivity index (χ0v) is 44.4. The third-order valence-corrected chi connectivity index (χ3v) is 11.8. The number of carbonyl (C=O) groups excluding carboxylic acids is 2. The van der Waals surface area contributed by atoms with Crippen molar-refractivity contribution < 1.29 is 19.1 Å². The first kappa shape index (κ1) is 52.6. The smallest absolute Gasteiger partial charge is 0.410 e. The van der Waals surface area contributed by atoms with Crippen molar-refractivity contribution in [1.82, 2.24) is 38.7 Å². The Bertz CT molecular complexity index is 2130. The zero-order chi connectivity index (χ0) is 47.2. The van der Waals surface area contributed by atoms with Gasteiger partial charge in [0.15, 0.2) is 0 Å². The lowest BCUT2D eigenvalue weighted by Gasteiger charge is -2.39. The van der Waals surface area contributed by atoms with Crippen LogP contribution in [-0.4, -0.2) is 140 Å². The molecule has 0 atom stereocenters. The molecular weight excluding hydrogens is 897 g/mol. The Morgan fingerprint density at radius 2 is 1.10 bits per heavy atom. The average Bonchev–Trinajstić information content (AvgIpc) is 3.58. The summed E-state index contributed by atoms with van der Waals surface area (Å²) in [5.41, 5.74) is 4.17. The predicted molar refractivity (Wildman–Crippen MR) is 269 cm³/mol.